The van der Waals surface area contributed by atoms with Gasteiger partial charge in [-0.2, -0.15) is 14.0 Å². The number of aromatic nitrogens is 1. The van der Waals surface area contributed by atoms with Gasteiger partial charge >= 0.3 is 6.61 Å². The van der Waals surface area contributed by atoms with Crippen LogP contribution in [0.5, 0.6) is 5.75 Å². The van der Waals surface area contributed by atoms with Crippen LogP contribution in [-0.2, 0) is 4.74 Å². The Balaban J connectivity index is 1.77. The molecule has 138 valence electrons. The lowest BCUT2D eigenvalue weighted by atomic mass is 10.1. The molecule has 0 spiro atoms. The van der Waals surface area contributed by atoms with Crippen LogP contribution in [0, 0.1) is 11.3 Å². The zero-order valence-electron chi connectivity index (χ0n) is 14.1. The molecule has 3 heterocycles. The number of pyridine rings is 1. The molecular formula is C19H15F2N3O3. The highest BCUT2D eigenvalue weighted by Crippen LogP contribution is 2.35. The van der Waals surface area contributed by atoms with Gasteiger partial charge in [-0.15, -0.1) is 0 Å². The maximum absolute atomic E-state index is 12.6. The van der Waals surface area contributed by atoms with E-state index in [1.165, 1.54) is 18.3 Å². The van der Waals surface area contributed by atoms with Gasteiger partial charge in [0, 0.05) is 18.1 Å². The molecule has 1 aromatic carbocycles. The predicted molar refractivity (Wildman–Crippen MR) is 92.7 cm³/mol. The summed E-state index contributed by atoms with van der Waals surface area (Å²) >= 11 is 0. The summed E-state index contributed by atoms with van der Waals surface area (Å²) in [6.45, 7) is -1.48. The van der Waals surface area contributed by atoms with Gasteiger partial charge in [-0.25, -0.2) is 0 Å². The molecule has 0 radical (unpaired) electrons. The number of nitriles is 1. The number of nitrogens with zero attached hydrogens (tertiary/aromatic N) is 3. The number of benzene rings is 1. The van der Waals surface area contributed by atoms with Crippen molar-refractivity contribution < 1.29 is 22.7 Å². The second-order valence-corrected chi connectivity index (χ2v) is 6.01. The molecule has 0 N–H and O–H groups in total. The molecule has 2 aromatic heterocycles. The van der Waals surface area contributed by atoms with Crippen LogP contribution >= 0.6 is 0 Å². The Morgan fingerprint density at radius 3 is 2.96 bits per heavy atom. The molecular weight excluding hydrogens is 356 g/mol. The van der Waals surface area contributed by atoms with Crippen LogP contribution in [-0.4, -0.2) is 31.3 Å². The third-order valence-corrected chi connectivity index (χ3v) is 4.40. The van der Waals surface area contributed by atoms with Crippen LogP contribution < -0.4 is 9.64 Å². The topological polar surface area (TPSA) is 71.5 Å². The van der Waals surface area contributed by atoms with Gasteiger partial charge in [0.15, 0.2) is 0 Å². The van der Waals surface area contributed by atoms with Crippen LogP contribution in [0.2, 0.25) is 0 Å². The van der Waals surface area contributed by atoms with Crippen molar-refractivity contribution in [3.05, 3.63) is 54.1 Å². The van der Waals surface area contributed by atoms with Gasteiger partial charge in [-0.1, -0.05) is 0 Å². The molecule has 0 aliphatic carbocycles. The average Bonchev–Trinajstić information content (AvgIpc) is 3.21. The van der Waals surface area contributed by atoms with Crippen molar-refractivity contribution in [3.8, 4) is 11.8 Å². The lowest BCUT2D eigenvalue weighted by Crippen LogP contribution is -2.38. The number of halogens is 2. The predicted octanol–water partition coefficient (Wildman–Crippen LogP) is 3.88. The Hall–Kier alpha value is -3.18. The molecule has 3 aromatic rings. The van der Waals surface area contributed by atoms with Crippen LogP contribution in [0.1, 0.15) is 17.4 Å². The minimum atomic E-state index is -2.93. The Morgan fingerprint density at radius 2 is 2.22 bits per heavy atom. The molecule has 0 bridgehead atoms. The van der Waals surface area contributed by atoms with E-state index < -0.39 is 6.61 Å². The fourth-order valence-corrected chi connectivity index (χ4v) is 3.26. The monoisotopic (exact) mass is 371 g/mol. The molecule has 1 fully saturated rings. The summed E-state index contributed by atoms with van der Waals surface area (Å²) in [5, 5.41) is 10.1. The number of rotatable bonds is 4. The normalized spacial score (nSPS) is 17.3. The van der Waals surface area contributed by atoms with Crippen LogP contribution in [0.3, 0.4) is 0 Å². The van der Waals surface area contributed by atoms with E-state index in [2.05, 4.69) is 15.8 Å². The van der Waals surface area contributed by atoms with E-state index in [0.29, 0.717) is 47.6 Å². The van der Waals surface area contributed by atoms with Crippen molar-refractivity contribution in [1.29, 1.82) is 5.26 Å². The minimum Gasteiger partial charge on any atom is -0.467 e. The van der Waals surface area contributed by atoms with Crippen molar-refractivity contribution >= 4 is 16.6 Å². The second kappa shape index (κ2) is 7.21. The highest BCUT2D eigenvalue weighted by Gasteiger charge is 2.27. The Morgan fingerprint density at radius 1 is 1.33 bits per heavy atom. The first-order chi connectivity index (χ1) is 13.2. The number of furan rings is 1. The van der Waals surface area contributed by atoms with Crippen molar-refractivity contribution in [2.75, 3.05) is 24.6 Å². The summed E-state index contributed by atoms with van der Waals surface area (Å²) in [7, 11) is 0. The van der Waals surface area contributed by atoms with E-state index in [1.54, 1.807) is 18.4 Å². The second-order valence-electron chi connectivity index (χ2n) is 6.01. The van der Waals surface area contributed by atoms with Gasteiger partial charge < -0.3 is 18.8 Å². The Labute approximate surface area is 153 Å². The number of fused-ring (bicyclic) bond motifs is 1. The first-order valence-electron chi connectivity index (χ1n) is 8.33. The van der Waals surface area contributed by atoms with Crippen LogP contribution in [0.15, 0.2) is 47.2 Å². The van der Waals surface area contributed by atoms with E-state index in [0.717, 1.165) is 0 Å². The summed E-state index contributed by atoms with van der Waals surface area (Å²) in [5.41, 5.74) is 1.57. The number of morpholine rings is 1. The molecule has 27 heavy (non-hydrogen) atoms. The standard InChI is InChI=1S/C19H15F2N3O3/c20-19(21)27-13-3-4-15-14(8-13)18(12(9-22)10-23-15)24-5-7-26-17(11-24)16-2-1-6-25-16/h1-4,6,8,10,17,19H,5,7,11H2. The van der Waals surface area contributed by atoms with E-state index >= 15 is 0 Å². The first kappa shape index (κ1) is 17.2. The Bertz CT molecular complexity index is 986. The van der Waals surface area contributed by atoms with Gasteiger partial charge in [-0.3, -0.25) is 4.98 Å². The highest BCUT2D eigenvalue weighted by molar-refractivity contribution is 5.95. The molecule has 1 unspecified atom stereocenters. The quantitative estimate of drug-likeness (QED) is 0.693. The summed E-state index contributed by atoms with van der Waals surface area (Å²) in [4.78, 5) is 6.25. The third-order valence-electron chi connectivity index (χ3n) is 4.40. The molecule has 8 heteroatoms. The molecule has 1 saturated heterocycles. The molecule has 1 aliphatic heterocycles. The lowest BCUT2D eigenvalue weighted by Gasteiger charge is -2.34. The zero-order valence-corrected chi connectivity index (χ0v) is 14.1. The third kappa shape index (κ3) is 3.41. The number of alkyl halides is 2. The van der Waals surface area contributed by atoms with E-state index in [4.69, 9.17) is 9.15 Å². The largest absolute Gasteiger partial charge is 0.467 e. The maximum Gasteiger partial charge on any atom is 0.387 e. The number of hydrogen-bond acceptors (Lipinski definition) is 6. The van der Waals surface area contributed by atoms with Crippen molar-refractivity contribution in [1.82, 2.24) is 4.98 Å². The molecule has 0 amide bonds. The minimum absolute atomic E-state index is 0.0199. The lowest BCUT2D eigenvalue weighted by molar-refractivity contribution is -0.0497. The van der Waals surface area contributed by atoms with Gasteiger partial charge in [0.1, 0.15) is 23.7 Å². The summed E-state index contributed by atoms with van der Waals surface area (Å²) in [6.07, 6.45) is 2.78. The van der Waals surface area contributed by atoms with Gasteiger partial charge in [-0.05, 0) is 30.3 Å². The first-order valence-corrected chi connectivity index (χ1v) is 8.33. The van der Waals surface area contributed by atoms with Gasteiger partial charge in [0.05, 0.1) is 36.2 Å². The van der Waals surface area contributed by atoms with E-state index in [1.807, 2.05) is 11.0 Å². The fourth-order valence-electron chi connectivity index (χ4n) is 3.26. The summed E-state index contributed by atoms with van der Waals surface area (Å²) in [5.74, 6) is 0.713. The number of hydrogen-bond donors (Lipinski definition) is 0. The molecule has 0 saturated carbocycles. The number of anilines is 1. The van der Waals surface area contributed by atoms with Gasteiger partial charge in [0.25, 0.3) is 0 Å². The van der Waals surface area contributed by atoms with Crippen molar-refractivity contribution in [2.24, 2.45) is 0 Å². The zero-order chi connectivity index (χ0) is 18.8. The SMILES string of the molecule is N#Cc1cnc2ccc(OC(F)F)cc2c1N1CCOC(c2ccco2)C1. The van der Waals surface area contributed by atoms with E-state index in [-0.39, 0.29) is 11.9 Å². The van der Waals surface area contributed by atoms with E-state index in [9.17, 15) is 14.0 Å². The molecule has 1 aliphatic rings. The summed E-state index contributed by atoms with van der Waals surface area (Å²) in [6, 6.07) is 10.3. The van der Waals surface area contributed by atoms with Gasteiger partial charge in [0.2, 0.25) is 0 Å². The molecule has 6 nitrogen and oxygen atoms in total. The molecule has 4 rings (SSSR count). The average molecular weight is 371 g/mol. The fraction of sp³-hybridized carbons (Fsp3) is 0.263. The number of ether oxygens (including phenoxy) is 2. The van der Waals surface area contributed by atoms with Crippen molar-refractivity contribution in [2.45, 2.75) is 12.7 Å². The smallest absolute Gasteiger partial charge is 0.387 e. The van der Waals surface area contributed by atoms with Crippen LogP contribution in [0.25, 0.3) is 10.9 Å². The van der Waals surface area contributed by atoms with Crippen molar-refractivity contribution in [3.63, 3.8) is 0 Å². The van der Waals surface area contributed by atoms with Crippen LogP contribution in [0.4, 0.5) is 14.5 Å². The molecule has 1 atom stereocenters. The maximum atomic E-state index is 12.6. The highest BCUT2D eigenvalue weighted by atomic mass is 19.3. The Kier molecular flexibility index (Phi) is 4.60. The summed E-state index contributed by atoms with van der Waals surface area (Å²) < 4.78 is 40.9.